The summed E-state index contributed by atoms with van der Waals surface area (Å²) in [6.45, 7) is 4.49. The summed E-state index contributed by atoms with van der Waals surface area (Å²) >= 11 is 0. The van der Waals surface area contributed by atoms with Crippen molar-refractivity contribution in [2.75, 3.05) is 0 Å². The molecule has 0 aliphatic carbocycles. The highest BCUT2D eigenvalue weighted by molar-refractivity contribution is 6.45. The Balaban J connectivity index is 2.29. The number of aryl methyl sites for hydroxylation is 1. The minimum absolute atomic E-state index is 0.490. The van der Waals surface area contributed by atoms with Gasteiger partial charge in [-0.3, -0.25) is 0 Å². The van der Waals surface area contributed by atoms with Crippen LogP contribution in [0.25, 0.3) is 11.1 Å². The van der Waals surface area contributed by atoms with E-state index in [9.17, 15) is 5.02 Å². The lowest BCUT2D eigenvalue weighted by molar-refractivity contribution is 0.554. The van der Waals surface area contributed by atoms with E-state index in [1.807, 2.05) is 12.1 Å². The van der Waals surface area contributed by atoms with Crippen molar-refractivity contribution in [1.82, 2.24) is 5.23 Å². The van der Waals surface area contributed by atoms with Gasteiger partial charge in [0, 0.05) is 6.54 Å². The highest BCUT2D eigenvalue weighted by atomic mass is 16.2. The van der Waals surface area contributed by atoms with Gasteiger partial charge in [-0.05, 0) is 30.4 Å². The van der Waals surface area contributed by atoms with Gasteiger partial charge in [-0.25, -0.2) is 0 Å². The summed E-state index contributed by atoms with van der Waals surface area (Å²) in [5, 5.41) is 12.3. The Morgan fingerprint density at radius 3 is 2.39 bits per heavy atom. The van der Waals surface area contributed by atoms with Gasteiger partial charge in [-0.2, -0.15) is 0 Å². The molecule has 18 heavy (non-hydrogen) atoms. The summed E-state index contributed by atoms with van der Waals surface area (Å²) in [5.74, 6) is 0. The zero-order valence-electron chi connectivity index (χ0n) is 10.9. The van der Waals surface area contributed by atoms with Gasteiger partial charge < -0.3 is 10.3 Å². The van der Waals surface area contributed by atoms with Crippen LogP contribution in [0.3, 0.4) is 0 Å². The first-order chi connectivity index (χ1) is 8.66. The number of hydrogen-bond acceptors (Lipinski definition) is 2. The molecule has 0 fully saturated rings. The standard InChI is InChI=1S/C15H18BNO/c1-12-7-9-13(10-8-12)15-6-4-3-5-14(15)11-17-16(2)18/h3-10,17-18H,11H2,1-2H3. The van der Waals surface area contributed by atoms with E-state index in [2.05, 4.69) is 48.5 Å². The number of rotatable bonds is 4. The van der Waals surface area contributed by atoms with Crippen LogP contribution < -0.4 is 5.23 Å². The molecule has 0 unspecified atom stereocenters. The minimum Gasteiger partial charge on any atom is -0.437 e. The summed E-state index contributed by atoms with van der Waals surface area (Å²) in [6.07, 6.45) is 0. The van der Waals surface area contributed by atoms with Crippen LogP contribution >= 0.6 is 0 Å². The fraction of sp³-hybridized carbons (Fsp3) is 0.200. The molecule has 2 aromatic rings. The molecule has 0 aliphatic rings. The summed E-state index contributed by atoms with van der Waals surface area (Å²) in [4.78, 5) is 0. The molecule has 2 N–H and O–H groups in total. The first kappa shape index (κ1) is 12.9. The third-order valence-corrected chi connectivity index (χ3v) is 2.97. The quantitative estimate of drug-likeness (QED) is 0.804. The molecular formula is C15H18BNO. The van der Waals surface area contributed by atoms with E-state index in [0.29, 0.717) is 6.54 Å². The molecule has 0 spiro atoms. The van der Waals surface area contributed by atoms with E-state index in [0.717, 1.165) is 0 Å². The smallest absolute Gasteiger partial charge is 0.373 e. The normalized spacial score (nSPS) is 10.4. The first-order valence-electron chi connectivity index (χ1n) is 6.23. The van der Waals surface area contributed by atoms with Crippen LogP contribution in [-0.2, 0) is 6.54 Å². The van der Waals surface area contributed by atoms with Crippen molar-refractivity contribution in [3.63, 3.8) is 0 Å². The average molecular weight is 239 g/mol. The Morgan fingerprint density at radius 1 is 1.06 bits per heavy atom. The molecule has 0 aliphatic heterocycles. The van der Waals surface area contributed by atoms with Crippen LogP contribution in [0, 0.1) is 6.92 Å². The molecule has 3 heteroatoms. The van der Waals surface area contributed by atoms with Crippen molar-refractivity contribution in [2.24, 2.45) is 0 Å². The van der Waals surface area contributed by atoms with Crippen LogP contribution in [0.4, 0.5) is 0 Å². The van der Waals surface area contributed by atoms with Gasteiger partial charge in [0.25, 0.3) is 0 Å². The summed E-state index contributed by atoms with van der Waals surface area (Å²) in [5.41, 5.74) is 4.88. The van der Waals surface area contributed by atoms with Gasteiger partial charge in [-0.1, -0.05) is 54.1 Å². The van der Waals surface area contributed by atoms with Crippen molar-refractivity contribution in [1.29, 1.82) is 0 Å². The molecule has 0 bridgehead atoms. The van der Waals surface area contributed by atoms with Gasteiger partial charge in [0.1, 0.15) is 0 Å². The Kier molecular flexibility index (Phi) is 4.18. The van der Waals surface area contributed by atoms with Gasteiger partial charge in [0.15, 0.2) is 0 Å². The van der Waals surface area contributed by atoms with Crippen LogP contribution in [0.5, 0.6) is 0 Å². The summed E-state index contributed by atoms with van der Waals surface area (Å²) in [6, 6.07) is 16.8. The number of nitrogens with one attached hydrogen (secondary N) is 1. The number of hydrogen-bond donors (Lipinski definition) is 2. The van der Waals surface area contributed by atoms with E-state index in [1.165, 1.54) is 22.3 Å². The van der Waals surface area contributed by atoms with Crippen molar-refractivity contribution >= 4 is 7.05 Å². The predicted molar refractivity (Wildman–Crippen MR) is 77.3 cm³/mol. The monoisotopic (exact) mass is 239 g/mol. The topological polar surface area (TPSA) is 32.3 Å². The van der Waals surface area contributed by atoms with Crippen LogP contribution in [0.1, 0.15) is 11.1 Å². The molecule has 0 amide bonds. The lowest BCUT2D eigenvalue weighted by atomic mass is 9.88. The molecular weight excluding hydrogens is 221 g/mol. The van der Waals surface area contributed by atoms with Crippen LogP contribution in [-0.4, -0.2) is 12.1 Å². The van der Waals surface area contributed by atoms with E-state index in [-0.39, 0.29) is 0 Å². The molecule has 92 valence electrons. The number of benzene rings is 2. The molecule has 2 aromatic carbocycles. The van der Waals surface area contributed by atoms with E-state index >= 15 is 0 Å². The molecule has 0 radical (unpaired) electrons. The van der Waals surface area contributed by atoms with Gasteiger partial charge in [0.2, 0.25) is 0 Å². The Morgan fingerprint density at radius 2 is 1.72 bits per heavy atom. The molecule has 0 heterocycles. The van der Waals surface area contributed by atoms with Gasteiger partial charge in [0.05, 0.1) is 0 Å². The highest BCUT2D eigenvalue weighted by Gasteiger charge is 2.06. The lowest BCUT2D eigenvalue weighted by Crippen LogP contribution is -2.29. The predicted octanol–water partition coefficient (Wildman–Crippen LogP) is 2.86. The second kappa shape index (κ2) is 5.85. The van der Waals surface area contributed by atoms with Crippen molar-refractivity contribution in [3.8, 4) is 11.1 Å². The van der Waals surface area contributed by atoms with E-state index < -0.39 is 7.05 Å². The van der Waals surface area contributed by atoms with Gasteiger partial charge >= 0.3 is 7.05 Å². The van der Waals surface area contributed by atoms with Crippen molar-refractivity contribution in [2.45, 2.75) is 20.3 Å². The molecule has 0 aromatic heterocycles. The Hall–Kier alpha value is -1.58. The molecule has 0 saturated heterocycles. The zero-order chi connectivity index (χ0) is 13.0. The summed E-state index contributed by atoms with van der Waals surface area (Å²) < 4.78 is 0. The molecule has 0 atom stereocenters. The maximum atomic E-state index is 9.30. The van der Waals surface area contributed by atoms with Crippen molar-refractivity contribution in [3.05, 3.63) is 59.7 Å². The SMILES string of the molecule is CB(O)NCc1ccccc1-c1ccc(C)cc1. The molecule has 2 nitrogen and oxygen atoms in total. The summed E-state index contributed by atoms with van der Waals surface area (Å²) in [7, 11) is -0.490. The molecule has 0 saturated carbocycles. The average Bonchev–Trinajstić information content (AvgIpc) is 2.38. The van der Waals surface area contributed by atoms with Crippen LogP contribution in [0.15, 0.2) is 48.5 Å². The van der Waals surface area contributed by atoms with E-state index in [4.69, 9.17) is 0 Å². The zero-order valence-corrected chi connectivity index (χ0v) is 10.9. The van der Waals surface area contributed by atoms with Crippen LogP contribution in [0.2, 0.25) is 6.82 Å². The first-order valence-corrected chi connectivity index (χ1v) is 6.23. The second-order valence-electron chi connectivity index (χ2n) is 4.58. The van der Waals surface area contributed by atoms with E-state index in [1.54, 1.807) is 6.82 Å². The highest BCUT2D eigenvalue weighted by Crippen LogP contribution is 2.23. The lowest BCUT2D eigenvalue weighted by Gasteiger charge is -2.11. The third kappa shape index (κ3) is 3.22. The van der Waals surface area contributed by atoms with Gasteiger partial charge in [-0.15, -0.1) is 0 Å². The maximum Gasteiger partial charge on any atom is 0.373 e. The largest absolute Gasteiger partial charge is 0.437 e. The third-order valence-electron chi connectivity index (χ3n) is 2.97. The Labute approximate surface area is 109 Å². The fourth-order valence-corrected chi connectivity index (χ4v) is 1.95. The fourth-order valence-electron chi connectivity index (χ4n) is 1.95. The van der Waals surface area contributed by atoms with Crippen molar-refractivity contribution < 1.29 is 5.02 Å². The maximum absolute atomic E-state index is 9.30. The minimum atomic E-state index is -0.490. The molecule has 2 rings (SSSR count). The second-order valence-corrected chi connectivity index (χ2v) is 4.58. The Bertz CT molecular complexity index is 508.